The van der Waals surface area contributed by atoms with E-state index >= 15 is 0 Å². The van der Waals surface area contributed by atoms with Crippen molar-refractivity contribution in [3.05, 3.63) is 29.8 Å². The van der Waals surface area contributed by atoms with Crippen molar-refractivity contribution in [2.24, 2.45) is 5.92 Å². The van der Waals surface area contributed by atoms with Crippen LogP contribution in [0.4, 0.5) is 5.69 Å². The molecule has 0 aromatic heterocycles. The lowest BCUT2D eigenvalue weighted by molar-refractivity contribution is 0.0944. The van der Waals surface area contributed by atoms with E-state index in [4.69, 9.17) is 0 Å². The molecule has 0 spiro atoms. The summed E-state index contributed by atoms with van der Waals surface area (Å²) in [6.45, 7) is 0.765. The molecule has 2 atom stereocenters. The van der Waals surface area contributed by atoms with Gasteiger partial charge in [-0.25, -0.2) is 0 Å². The maximum absolute atomic E-state index is 12.2. The van der Waals surface area contributed by atoms with E-state index in [0.717, 1.165) is 17.8 Å². The lowest BCUT2D eigenvalue weighted by atomic mass is 9.89. The topological polar surface area (TPSA) is 32.3 Å². The number of hydrogen-bond donors (Lipinski definition) is 1. The van der Waals surface area contributed by atoms with Crippen molar-refractivity contribution < 1.29 is 4.79 Å². The molecule has 0 heterocycles. The largest absolute Gasteiger partial charge is 0.378 e. The molecule has 1 aliphatic carbocycles. The first kappa shape index (κ1) is 15.4. The third-order valence-corrected chi connectivity index (χ3v) is 5.17. The van der Waals surface area contributed by atoms with Gasteiger partial charge in [0, 0.05) is 36.7 Å². The van der Waals surface area contributed by atoms with Crippen molar-refractivity contribution in [2.75, 3.05) is 25.5 Å². The second kappa shape index (κ2) is 7.11. The second-order valence-corrected chi connectivity index (χ2v) is 6.89. The van der Waals surface area contributed by atoms with Crippen molar-refractivity contribution >= 4 is 27.5 Å². The zero-order valence-corrected chi connectivity index (χ0v) is 13.8. The van der Waals surface area contributed by atoms with Gasteiger partial charge in [-0.1, -0.05) is 34.8 Å². The molecule has 3 nitrogen and oxygen atoms in total. The van der Waals surface area contributed by atoms with Gasteiger partial charge < -0.3 is 10.2 Å². The van der Waals surface area contributed by atoms with E-state index in [0.29, 0.717) is 10.7 Å². The fraction of sp³-hybridized carbons (Fsp3) is 0.562. The Morgan fingerprint density at radius 2 is 2.10 bits per heavy atom. The lowest BCUT2D eigenvalue weighted by Gasteiger charge is -2.27. The molecule has 1 aromatic carbocycles. The van der Waals surface area contributed by atoms with Gasteiger partial charge in [-0.2, -0.15) is 0 Å². The fourth-order valence-corrected chi connectivity index (χ4v) is 3.42. The smallest absolute Gasteiger partial charge is 0.251 e. The first-order valence-corrected chi connectivity index (χ1v) is 8.19. The highest BCUT2D eigenvalue weighted by atomic mass is 79.9. The maximum Gasteiger partial charge on any atom is 0.251 e. The zero-order chi connectivity index (χ0) is 14.5. The average molecular weight is 339 g/mol. The van der Waals surface area contributed by atoms with Crippen LogP contribution in [0.3, 0.4) is 0 Å². The molecule has 0 aliphatic heterocycles. The molecular formula is C16H23BrN2O. The van der Waals surface area contributed by atoms with Gasteiger partial charge in [0.25, 0.3) is 5.91 Å². The molecule has 20 heavy (non-hydrogen) atoms. The highest BCUT2D eigenvalue weighted by molar-refractivity contribution is 9.09. The molecule has 0 saturated heterocycles. The Morgan fingerprint density at radius 3 is 2.80 bits per heavy atom. The molecule has 4 heteroatoms. The number of benzene rings is 1. The van der Waals surface area contributed by atoms with Crippen LogP contribution in [0.2, 0.25) is 0 Å². The monoisotopic (exact) mass is 338 g/mol. The minimum atomic E-state index is 0.0268. The van der Waals surface area contributed by atoms with Gasteiger partial charge >= 0.3 is 0 Å². The Kier molecular flexibility index (Phi) is 5.46. The highest BCUT2D eigenvalue weighted by Gasteiger charge is 2.23. The van der Waals surface area contributed by atoms with Crippen LogP contribution >= 0.6 is 15.9 Å². The molecule has 1 N–H and O–H groups in total. The van der Waals surface area contributed by atoms with E-state index in [2.05, 4.69) is 21.2 Å². The minimum absolute atomic E-state index is 0.0268. The standard InChI is InChI=1S/C16H23BrN2O/c1-19(2)14-8-5-7-12(10-14)16(20)18-11-13-6-3-4-9-15(13)17/h5,7-8,10,13,15H,3-4,6,9,11H2,1-2H3,(H,18,20). The van der Waals surface area contributed by atoms with Gasteiger partial charge in [0.05, 0.1) is 0 Å². The summed E-state index contributed by atoms with van der Waals surface area (Å²) < 4.78 is 0. The van der Waals surface area contributed by atoms with Crippen LogP contribution in [-0.4, -0.2) is 31.4 Å². The summed E-state index contributed by atoms with van der Waals surface area (Å²) in [6, 6.07) is 7.74. The first-order chi connectivity index (χ1) is 9.58. The van der Waals surface area contributed by atoms with Gasteiger partial charge in [-0.3, -0.25) is 4.79 Å². The van der Waals surface area contributed by atoms with Crippen LogP contribution in [0.5, 0.6) is 0 Å². The number of carbonyl (C=O) groups is 1. The molecule has 1 fully saturated rings. The Labute approximate surface area is 129 Å². The number of nitrogens with zero attached hydrogens (tertiary/aromatic N) is 1. The lowest BCUT2D eigenvalue weighted by Crippen LogP contribution is -2.34. The van der Waals surface area contributed by atoms with Crippen LogP contribution in [0, 0.1) is 5.92 Å². The Hall–Kier alpha value is -1.03. The number of hydrogen-bond acceptors (Lipinski definition) is 2. The number of anilines is 1. The Bertz CT molecular complexity index is 462. The summed E-state index contributed by atoms with van der Waals surface area (Å²) in [5, 5.41) is 3.08. The van der Waals surface area contributed by atoms with Crippen molar-refractivity contribution in [1.29, 1.82) is 0 Å². The normalized spacial score (nSPS) is 22.4. The number of rotatable bonds is 4. The van der Waals surface area contributed by atoms with E-state index < -0.39 is 0 Å². The average Bonchev–Trinajstić information content (AvgIpc) is 2.46. The third-order valence-electron chi connectivity index (χ3n) is 3.97. The number of amides is 1. The second-order valence-electron chi connectivity index (χ2n) is 5.72. The molecule has 0 bridgehead atoms. The minimum Gasteiger partial charge on any atom is -0.378 e. The summed E-state index contributed by atoms with van der Waals surface area (Å²) in [6.07, 6.45) is 4.99. The quantitative estimate of drug-likeness (QED) is 0.853. The molecule has 1 aliphatic rings. The molecule has 2 rings (SSSR count). The first-order valence-electron chi connectivity index (χ1n) is 7.27. The maximum atomic E-state index is 12.2. The van der Waals surface area contributed by atoms with Gasteiger partial charge in [0.1, 0.15) is 0 Å². The SMILES string of the molecule is CN(C)c1cccc(C(=O)NCC2CCCCC2Br)c1. The number of alkyl halides is 1. The van der Waals surface area contributed by atoms with Crippen LogP contribution in [0.1, 0.15) is 36.0 Å². The summed E-state index contributed by atoms with van der Waals surface area (Å²) in [7, 11) is 3.96. The van der Waals surface area contributed by atoms with Gasteiger partial charge in [-0.05, 0) is 37.0 Å². The highest BCUT2D eigenvalue weighted by Crippen LogP contribution is 2.29. The van der Waals surface area contributed by atoms with Crippen LogP contribution < -0.4 is 10.2 Å². The number of carbonyl (C=O) groups excluding carboxylic acids is 1. The van der Waals surface area contributed by atoms with Crippen LogP contribution in [-0.2, 0) is 0 Å². The van der Waals surface area contributed by atoms with E-state index in [1.165, 1.54) is 25.7 Å². The predicted octanol–water partition coefficient (Wildman–Crippen LogP) is 3.44. The Morgan fingerprint density at radius 1 is 1.35 bits per heavy atom. The van der Waals surface area contributed by atoms with Crippen molar-refractivity contribution in [3.63, 3.8) is 0 Å². The fourth-order valence-electron chi connectivity index (χ4n) is 2.64. The van der Waals surface area contributed by atoms with Crippen molar-refractivity contribution in [3.8, 4) is 0 Å². The molecule has 1 saturated carbocycles. The summed E-state index contributed by atoms with van der Waals surface area (Å²) in [4.78, 5) is 14.8. The van der Waals surface area contributed by atoms with E-state index in [1.807, 2.05) is 43.3 Å². The zero-order valence-electron chi connectivity index (χ0n) is 12.2. The van der Waals surface area contributed by atoms with Crippen LogP contribution in [0.15, 0.2) is 24.3 Å². The molecular weight excluding hydrogens is 316 g/mol. The number of halogens is 1. The molecule has 0 radical (unpaired) electrons. The van der Waals surface area contributed by atoms with Crippen LogP contribution in [0.25, 0.3) is 0 Å². The molecule has 1 aromatic rings. The summed E-state index contributed by atoms with van der Waals surface area (Å²) >= 11 is 3.73. The number of nitrogens with one attached hydrogen (secondary N) is 1. The summed E-state index contributed by atoms with van der Waals surface area (Å²) in [5.74, 6) is 0.587. The van der Waals surface area contributed by atoms with E-state index in [1.54, 1.807) is 0 Å². The van der Waals surface area contributed by atoms with E-state index in [-0.39, 0.29) is 5.91 Å². The molecule has 110 valence electrons. The Balaban J connectivity index is 1.92. The molecule has 1 amide bonds. The van der Waals surface area contributed by atoms with Gasteiger partial charge in [0.2, 0.25) is 0 Å². The van der Waals surface area contributed by atoms with Gasteiger partial charge in [-0.15, -0.1) is 0 Å². The van der Waals surface area contributed by atoms with Crippen molar-refractivity contribution in [1.82, 2.24) is 5.32 Å². The third kappa shape index (κ3) is 3.98. The predicted molar refractivity (Wildman–Crippen MR) is 87.8 cm³/mol. The molecule has 2 unspecified atom stereocenters. The van der Waals surface area contributed by atoms with E-state index in [9.17, 15) is 4.79 Å². The van der Waals surface area contributed by atoms with Gasteiger partial charge in [0.15, 0.2) is 0 Å². The van der Waals surface area contributed by atoms with Crippen molar-refractivity contribution in [2.45, 2.75) is 30.5 Å². The summed E-state index contributed by atoms with van der Waals surface area (Å²) in [5.41, 5.74) is 1.78.